The van der Waals surface area contributed by atoms with Gasteiger partial charge >= 0.3 is 6.09 Å². The molecule has 2 aromatic rings. The molecule has 0 saturated carbocycles. The van der Waals surface area contributed by atoms with Crippen molar-refractivity contribution in [1.29, 1.82) is 0 Å². The van der Waals surface area contributed by atoms with Gasteiger partial charge in [0.1, 0.15) is 12.9 Å². The predicted octanol–water partition coefficient (Wildman–Crippen LogP) is 1.91. The number of non-ortho nitro benzene ring substituents is 1. The van der Waals surface area contributed by atoms with Gasteiger partial charge in [0.15, 0.2) is 0 Å². The van der Waals surface area contributed by atoms with E-state index in [1.165, 1.54) is 36.9 Å². The second kappa shape index (κ2) is 5.74. The maximum absolute atomic E-state index is 11.3. The van der Waals surface area contributed by atoms with E-state index in [0.717, 1.165) is 4.57 Å². The highest BCUT2D eigenvalue weighted by atomic mass is 17.2. The molecule has 0 N–H and O–H groups in total. The number of hydrogen-bond acceptors (Lipinski definition) is 6. The summed E-state index contributed by atoms with van der Waals surface area (Å²) in [5.41, 5.74) is 0.467. The normalized spacial score (nSPS) is 10.1. The Balaban J connectivity index is 1.87. The summed E-state index contributed by atoms with van der Waals surface area (Å²) in [6.07, 6.45) is 3.34. The first-order chi connectivity index (χ1) is 9.16. The van der Waals surface area contributed by atoms with Crippen molar-refractivity contribution in [3.05, 3.63) is 58.7 Å². The number of nitro groups is 1. The molecule has 2 rings (SSSR count). The minimum Gasteiger partial charge on any atom is -0.274 e. The van der Waals surface area contributed by atoms with Crippen LogP contribution in [0.25, 0.3) is 0 Å². The van der Waals surface area contributed by atoms with Gasteiger partial charge in [-0.15, -0.1) is 0 Å². The lowest BCUT2D eigenvalue weighted by Crippen LogP contribution is -2.12. The van der Waals surface area contributed by atoms with E-state index in [2.05, 4.69) is 9.87 Å². The number of benzene rings is 1. The standard InChI is InChI=1S/C11H9N3O5/c15-11(13-5-4-12-8-13)19-18-7-9-2-1-3-10(6-9)14(16)17/h1-6,8H,7H2. The van der Waals surface area contributed by atoms with E-state index in [9.17, 15) is 14.9 Å². The molecular weight excluding hydrogens is 254 g/mol. The molecule has 0 bridgehead atoms. The highest BCUT2D eigenvalue weighted by Crippen LogP contribution is 2.13. The number of nitro benzene ring substituents is 1. The Morgan fingerprint density at radius 2 is 2.32 bits per heavy atom. The van der Waals surface area contributed by atoms with E-state index < -0.39 is 11.0 Å². The van der Waals surface area contributed by atoms with E-state index in [1.54, 1.807) is 6.07 Å². The van der Waals surface area contributed by atoms with E-state index in [4.69, 9.17) is 4.89 Å². The molecule has 1 heterocycles. The zero-order chi connectivity index (χ0) is 13.7. The second-order valence-electron chi connectivity index (χ2n) is 3.51. The van der Waals surface area contributed by atoms with E-state index in [-0.39, 0.29) is 12.3 Å². The van der Waals surface area contributed by atoms with Crippen LogP contribution in [0.5, 0.6) is 0 Å². The molecule has 0 atom stereocenters. The minimum absolute atomic E-state index is 0.0537. The molecule has 0 amide bonds. The number of nitrogens with zero attached hydrogens (tertiary/aromatic N) is 3. The Labute approximate surface area is 107 Å². The van der Waals surface area contributed by atoms with E-state index >= 15 is 0 Å². The van der Waals surface area contributed by atoms with Crippen LogP contribution in [0.15, 0.2) is 43.0 Å². The van der Waals surface area contributed by atoms with Gasteiger partial charge in [-0.05, 0) is 5.56 Å². The van der Waals surface area contributed by atoms with Crippen molar-refractivity contribution in [2.24, 2.45) is 0 Å². The monoisotopic (exact) mass is 263 g/mol. The van der Waals surface area contributed by atoms with Crippen LogP contribution in [-0.2, 0) is 16.4 Å². The maximum atomic E-state index is 11.3. The number of carbonyl (C=O) groups excluding carboxylic acids is 1. The molecule has 8 heteroatoms. The van der Waals surface area contributed by atoms with E-state index in [1.807, 2.05) is 0 Å². The quantitative estimate of drug-likeness (QED) is 0.475. The molecule has 0 aliphatic heterocycles. The molecule has 0 radical (unpaired) electrons. The number of rotatable bonds is 4. The van der Waals surface area contributed by atoms with Crippen LogP contribution >= 0.6 is 0 Å². The Hall–Kier alpha value is -2.74. The highest BCUT2D eigenvalue weighted by Gasteiger charge is 2.08. The van der Waals surface area contributed by atoms with Gasteiger partial charge in [-0.25, -0.2) is 14.3 Å². The third kappa shape index (κ3) is 3.36. The first kappa shape index (κ1) is 12.7. The van der Waals surface area contributed by atoms with Crippen LogP contribution in [0, 0.1) is 10.1 Å². The largest absolute Gasteiger partial charge is 0.450 e. The summed E-state index contributed by atoms with van der Waals surface area (Å²) in [7, 11) is 0. The van der Waals surface area contributed by atoms with Gasteiger partial charge in [0.25, 0.3) is 5.69 Å². The molecule has 8 nitrogen and oxygen atoms in total. The summed E-state index contributed by atoms with van der Waals surface area (Å²) in [4.78, 5) is 34.3. The van der Waals surface area contributed by atoms with Crippen molar-refractivity contribution < 1.29 is 19.5 Å². The fourth-order valence-electron chi connectivity index (χ4n) is 1.32. The summed E-state index contributed by atoms with van der Waals surface area (Å²) in [6, 6.07) is 5.85. The molecule has 1 aromatic carbocycles. The molecular formula is C11H9N3O5. The summed E-state index contributed by atoms with van der Waals surface area (Å²) < 4.78 is 1.09. The molecule has 0 saturated heterocycles. The smallest absolute Gasteiger partial charge is 0.274 e. The molecule has 1 aromatic heterocycles. The van der Waals surface area contributed by atoms with Crippen molar-refractivity contribution >= 4 is 11.8 Å². The van der Waals surface area contributed by atoms with Crippen LogP contribution < -0.4 is 0 Å². The molecule has 0 fully saturated rings. The molecule has 0 aliphatic rings. The molecule has 19 heavy (non-hydrogen) atoms. The van der Waals surface area contributed by atoms with Gasteiger partial charge in [0.2, 0.25) is 0 Å². The lowest BCUT2D eigenvalue weighted by atomic mass is 10.2. The number of aromatic nitrogens is 2. The first-order valence-electron chi connectivity index (χ1n) is 5.22. The maximum Gasteiger partial charge on any atom is 0.450 e. The number of carbonyl (C=O) groups is 1. The summed E-state index contributed by atoms with van der Waals surface area (Å²) in [5, 5.41) is 10.6. The average Bonchev–Trinajstić information content (AvgIpc) is 2.93. The molecule has 98 valence electrons. The Morgan fingerprint density at radius 1 is 1.47 bits per heavy atom. The van der Waals surface area contributed by atoms with Crippen molar-refractivity contribution in [2.75, 3.05) is 0 Å². The van der Waals surface area contributed by atoms with Gasteiger partial charge in [0.05, 0.1) is 4.92 Å². The minimum atomic E-state index is -0.747. The first-order valence-corrected chi connectivity index (χ1v) is 5.22. The topological polar surface area (TPSA) is 96.5 Å². The number of imidazole rings is 1. The van der Waals surface area contributed by atoms with Crippen LogP contribution in [0.1, 0.15) is 5.56 Å². The molecule has 0 unspecified atom stereocenters. The zero-order valence-corrected chi connectivity index (χ0v) is 9.63. The highest BCUT2D eigenvalue weighted by molar-refractivity contribution is 5.69. The van der Waals surface area contributed by atoms with Crippen molar-refractivity contribution in [3.63, 3.8) is 0 Å². The van der Waals surface area contributed by atoms with Gasteiger partial charge < -0.3 is 0 Å². The van der Waals surface area contributed by atoms with Crippen molar-refractivity contribution in [3.8, 4) is 0 Å². The lowest BCUT2D eigenvalue weighted by Gasteiger charge is -2.03. The third-order valence-corrected chi connectivity index (χ3v) is 2.19. The van der Waals surface area contributed by atoms with Crippen LogP contribution in [0.4, 0.5) is 10.5 Å². The van der Waals surface area contributed by atoms with Crippen LogP contribution in [-0.4, -0.2) is 20.6 Å². The predicted molar refractivity (Wildman–Crippen MR) is 62.0 cm³/mol. The van der Waals surface area contributed by atoms with E-state index in [0.29, 0.717) is 5.56 Å². The van der Waals surface area contributed by atoms with Gasteiger partial charge in [-0.3, -0.25) is 15.0 Å². The third-order valence-electron chi connectivity index (χ3n) is 2.19. The Kier molecular flexibility index (Phi) is 3.84. The SMILES string of the molecule is O=C(OOCc1cccc([N+](=O)[O-])c1)n1ccnc1. The molecule has 0 spiro atoms. The fourth-order valence-corrected chi connectivity index (χ4v) is 1.32. The summed E-state index contributed by atoms with van der Waals surface area (Å²) in [6.45, 7) is -0.0812. The van der Waals surface area contributed by atoms with Crippen LogP contribution in [0.2, 0.25) is 0 Å². The van der Waals surface area contributed by atoms with Crippen molar-refractivity contribution in [2.45, 2.75) is 6.61 Å². The Bertz CT molecular complexity index is 582. The number of hydrogen-bond donors (Lipinski definition) is 0. The van der Waals surface area contributed by atoms with Gasteiger partial charge in [-0.1, -0.05) is 12.1 Å². The van der Waals surface area contributed by atoms with Crippen LogP contribution in [0.3, 0.4) is 0 Å². The zero-order valence-electron chi connectivity index (χ0n) is 9.63. The van der Waals surface area contributed by atoms with Crippen molar-refractivity contribution in [1.82, 2.24) is 9.55 Å². The van der Waals surface area contributed by atoms with Gasteiger partial charge in [-0.2, -0.15) is 4.89 Å². The summed E-state index contributed by atoms with van der Waals surface area (Å²) >= 11 is 0. The summed E-state index contributed by atoms with van der Waals surface area (Å²) in [5.74, 6) is 0. The van der Waals surface area contributed by atoms with Gasteiger partial charge in [0, 0.05) is 24.5 Å². The Morgan fingerprint density at radius 3 is 3.00 bits per heavy atom. The fraction of sp³-hybridized carbons (Fsp3) is 0.0909. The average molecular weight is 263 g/mol. The lowest BCUT2D eigenvalue weighted by molar-refractivity contribution is -0.385. The second-order valence-corrected chi connectivity index (χ2v) is 3.51. The molecule has 0 aliphatic carbocycles.